The minimum Gasteiger partial charge on any atom is -0.393 e. The van der Waals surface area contributed by atoms with Crippen LogP contribution in [0, 0.1) is 17.8 Å². The summed E-state index contributed by atoms with van der Waals surface area (Å²) in [7, 11) is 0. The summed E-state index contributed by atoms with van der Waals surface area (Å²) in [6.45, 7) is 3.02. The predicted molar refractivity (Wildman–Crippen MR) is 76.7 cm³/mol. The Balaban J connectivity index is 1.59. The first-order valence-corrected chi connectivity index (χ1v) is 8.14. The van der Waals surface area contributed by atoms with E-state index in [1.54, 1.807) is 0 Å². The van der Waals surface area contributed by atoms with Gasteiger partial charge in [0.1, 0.15) is 0 Å². The van der Waals surface area contributed by atoms with Gasteiger partial charge in [0, 0.05) is 12.5 Å². The Kier molecular flexibility index (Phi) is 5.68. The molecule has 0 aromatic carbocycles. The maximum atomic E-state index is 12.1. The number of aliphatic hydroxyl groups is 1. The third kappa shape index (κ3) is 4.48. The highest BCUT2D eigenvalue weighted by atomic mass is 16.3. The molecule has 0 spiro atoms. The Bertz CT molecular complexity index is 278. The van der Waals surface area contributed by atoms with Gasteiger partial charge in [-0.05, 0) is 50.4 Å². The SMILES string of the molecule is CCCCC1CCC(C(=O)NCC2CC(O)C2)CC1. The summed E-state index contributed by atoms with van der Waals surface area (Å²) < 4.78 is 0. The molecule has 0 bridgehead atoms. The predicted octanol–water partition coefficient (Wildman–Crippen LogP) is 2.87. The molecule has 2 N–H and O–H groups in total. The van der Waals surface area contributed by atoms with Gasteiger partial charge >= 0.3 is 0 Å². The van der Waals surface area contributed by atoms with Gasteiger partial charge in [0.2, 0.25) is 5.91 Å². The summed E-state index contributed by atoms with van der Waals surface area (Å²) in [5.41, 5.74) is 0. The van der Waals surface area contributed by atoms with Gasteiger partial charge in [0.15, 0.2) is 0 Å². The van der Waals surface area contributed by atoms with Gasteiger partial charge in [-0.15, -0.1) is 0 Å². The number of hydrogen-bond donors (Lipinski definition) is 2. The zero-order chi connectivity index (χ0) is 13.7. The van der Waals surface area contributed by atoms with Crippen LogP contribution in [0.5, 0.6) is 0 Å². The van der Waals surface area contributed by atoms with E-state index in [1.807, 2.05) is 0 Å². The molecule has 2 fully saturated rings. The topological polar surface area (TPSA) is 49.3 Å². The maximum Gasteiger partial charge on any atom is 0.223 e. The number of aliphatic hydroxyl groups excluding tert-OH is 1. The van der Waals surface area contributed by atoms with Gasteiger partial charge in [-0.25, -0.2) is 0 Å². The minimum atomic E-state index is -0.115. The standard InChI is InChI=1S/C16H29NO2/c1-2-3-4-12-5-7-14(8-6-12)16(19)17-11-13-9-15(18)10-13/h12-15,18H,2-11H2,1H3,(H,17,19). The highest BCUT2D eigenvalue weighted by Crippen LogP contribution is 2.32. The molecule has 110 valence electrons. The van der Waals surface area contributed by atoms with E-state index in [2.05, 4.69) is 12.2 Å². The van der Waals surface area contributed by atoms with Crippen LogP contribution in [0.15, 0.2) is 0 Å². The molecular weight excluding hydrogens is 238 g/mol. The summed E-state index contributed by atoms with van der Waals surface area (Å²) >= 11 is 0. The molecule has 0 radical (unpaired) electrons. The first-order valence-electron chi connectivity index (χ1n) is 8.14. The zero-order valence-corrected chi connectivity index (χ0v) is 12.2. The van der Waals surface area contributed by atoms with Crippen molar-refractivity contribution in [2.45, 2.75) is 70.8 Å². The molecule has 2 aliphatic rings. The van der Waals surface area contributed by atoms with Crippen molar-refractivity contribution in [3.8, 4) is 0 Å². The Morgan fingerprint density at radius 2 is 1.84 bits per heavy atom. The molecule has 3 heteroatoms. The Hall–Kier alpha value is -0.570. The van der Waals surface area contributed by atoms with E-state index in [1.165, 1.54) is 32.1 Å². The van der Waals surface area contributed by atoms with Crippen LogP contribution in [0.3, 0.4) is 0 Å². The summed E-state index contributed by atoms with van der Waals surface area (Å²) in [4.78, 5) is 12.1. The van der Waals surface area contributed by atoms with Crippen LogP contribution >= 0.6 is 0 Å². The second-order valence-electron chi connectivity index (χ2n) is 6.60. The average molecular weight is 267 g/mol. The second-order valence-corrected chi connectivity index (χ2v) is 6.60. The van der Waals surface area contributed by atoms with Crippen molar-refractivity contribution in [1.29, 1.82) is 0 Å². The minimum absolute atomic E-state index is 0.115. The van der Waals surface area contributed by atoms with E-state index in [0.717, 1.165) is 38.1 Å². The largest absolute Gasteiger partial charge is 0.393 e. The van der Waals surface area contributed by atoms with Crippen molar-refractivity contribution >= 4 is 5.91 Å². The van der Waals surface area contributed by atoms with Gasteiger partial charge in [-0.1, -0.05) is 26.2 Å². The quantitative estimate of drug-likeness (QED) is 0.777. The lowest BCUT2D eigenvalue weighted by Crippen LogP contribution is -2.41. The Morgan fingerprint density at radius 3 is 2.42 bits per heavy atom. The Morgan fingerprint density at radius 1 is 1.16 bits per heavy atom. The van der Waals surface area contributed by atoms with E-state index in [-0.39, 0.29) is 17.9 Å². The van der Waals surface area contributed by atoms with Crippen LogP contribution in [-0.4, -0.2) is 23.7 Å². The van der Waals surface area contributed by atoms with Crippen molar-refractivity contribution in [2.24, 2.45) is 17.8 Å². The van der Waals surface area contributed by atoms with E-state index < -0.39 is 0 Å². The molecule has 1 amide bonds. The Labute approximate surface area is 117 Å². The summed E-state index contributed by atoms with van der Waals surface area (Å²) in [6, 6.07) is 0. The van der Waals surface area contributed by atoms with Crippen LogP contribution in [0.4, 0.5) is 0 Å². The fourth-order valence-corrected chi connectivity index (χ4v) is 3.46. The van der Waals surface area contributed by atoms with Crippen molar-refractivity contribution in [3.63, 3.8) is 0 Å². The fourth-order valence-electron chi connectivity index (χ4n) is 3.46. The molecule has 19 heavy (non-hydrogen) atoms. The third-order valence-electron chi connectivity index (χ3n) is 4.96. The van der Waals surface area contributed by atoms with Gasteiger partial charge in [-0.2, -0.15) is 0 Å². The monoisotopic (exact) mass is 267 g/mol. The molecule has 0 aliphatic heterocycles. The highest BCUT2D eigenvalue weighted by Gasteiger charge is 2.29. The summed E-state index contributed by atoms with van der Waals surface area (Å²) in [5, 5.41) is 12.3. The third-order valence-corrected chi connectivity index (χ3v) is 4.96. The van der Waals surface area contributed by atoms with Gasteiger partial charge < -0.3 is 10.4 Å². The van der Waals surface area contributed by atoms with Crippen LogP contribution in [0.1, 0.15) is 64.7 Å². The van der Waals surface area contributed by atoms with Crippen molar-refractivity contribution < 1.29 is 9.90 Å². The molecule has 0 saturated heterocycles. The molecule has 0 unspecified atom stereocenters. The highest BCUT2D eigenvalue weighted by molar-refractivity contribution is 5.78. The number of rotatable bonds is 6. The first kappa shape index (κ1) is 14.8. The smallest absolute Gasteiger partial charge is 0.223 e. The molecule has 2 rings (SSSR count). The van der Waals surface area contributed by atoms with Crippen LogP contribution in [-0.2, 0) is 4.79 Å². The molecule has 0 aromatic heterocycles. The molecule has 0 aromatic rings. The lowest BCUT2D eigenvalue weighted by molar-refractivity contribution is -0.126. The maximum absolute atomic E-state index is 12.1. The van der Waals surface area contributed by atoms with Gasteiger partial charge in [-0.3, -0.25) is 4.79 Å². The van der Waals surface area contributed by atoms with Crippen molar-refractivity contribution in [2.75, 3.05) is 6.54 Å². The fraction of sp³-hybridized carbons (Fsp3) is 0.938. The molecule has 3 nitrogen and oxygen atoms in total. The van der Waals surface area contributed by atoms with Crippen molar-refractivity contribution in [1.82, 2.24) is 5.32 Å². The molecular formula is C16H29NO2. The number of unbranched alkanes of at least 4 members (excludes halogenated alkanes) is 1. The second kappa shape index (κ2) is 7.28. The molecule has 0 heterocycles. The molecule has 2 saturated carbocycles. The number of carbonyl (C=O) groups excluding carboxylic acids is 1. The lowest BCUT2D eigenvalue weighted by atomic mass is 9.79. The average Bonchev–Trinajstić information content (AvgIpc) is 2.40. The van der Waals surface area contributed by atoms with E-state index >= 15 is 0 Å². The molecule has 2 aliphatic carbocycles. The number of hydrogen-bond acceptors (Lipinski definition) is 2. The van der Waals surface area contributed by atoms with E-state index in [9.17, 15) is 9.90 Å². The van der Waals surface area contributed by atoms with E-state index in [0.29, 0.717) is 5.92 Å². The first-order chi connectivity index (χ1) is 9.19. The van der Waals surface area contributed by atoms with E-state index in [4.69, 9.17) is 0 Å². The number of amides is 1. The van der Waals surface area contributed by atoms with Gasteiger partial charge in [0.25, 0.3) is 0 Å². The molecule has 0 atom stereocenters. The van der Waals surface area contributed by atoms with Crippen LogP contribution in [0.25, 0.3) is 0 Å². The van der Waals surface area contributed by atoms with Crippen molar-refractivity contribution in [3.05, 3.63) is 0 Å². The lowest BCUT2D eigenvalue weighted by Gasteiger charge is -2.32. The summed E-state index contributed by atoms with van der Waals surface area (Å²) in [5.74, 6) is 1.89. The number of carbonyl (C=O) groups is 1. The zero-order valence-electron chi connectivity index (χ0n) is 12.2. The number of nitrogens with one attached hydrogen (secondary N) is 1. The van der Waals surface area contributed by atoms with Gasteiger partial charge in [0.05, 0.1) is 6.10 Å². The van der Waals surface area contributed by atoms with Crippen LogP contribution in [0.2, 0.25) is 0 Å². The summed E-state index contributed by atoms with van der Waals surface area (Å²) in [6.07, 6.45) is 10.2. The van der Waals surface area contributed by atoms with Crippen LogP contribution < -0.4 is 5.32 Å². The normalized spacial score (nSPS) is 34.6.